The van der Waals surface area contributed by atoms with Crippen LogP contribution in [0, 0.1) is 174 Å². The summed E-state index contributed by atoms with van der Waals surface area (Å²) < 4.78 is 0. The summed E-state index contributed by atoms with van der Waals surface area (Å²) in [5.41, 5.74) is 0. The van der Waals surface area contributed by atoms with Crippen molar-refractivity contribution in [2.75, 3.05) is 0 Å². The summed E-state index contributed by atoms with van der Waals surface area (Å²) in [5, 5.41) is 2.53. The normalized spacial score (nSPS) is 6.10. The number of hydrogen-bond donors (Lipinski definition) is 1. The first-order valence-corrected chi connectivity index (χ1v) is 10.2. The zero-order chi connectivity index (χ0) is 28.7. The lowest BCUT2D eigenvalue weighted by molar-refractivity contribution is -0.118. The van der Waals surface area contributed by atoms with Crippen molar-refractivity contribution in [2.45, 2.75) is 6.92 Å². The van der Waals surface area contributed by atoms with Crippen LogP contribution in [0.3, 0.4) is 0 Å². The molecule has 0 heterocycles. The SMILES string of the molecule is C#CC#CC#CC#CC#C[C-]=C(NC(C)=O)N(C#CC#CC#CC#C[CH-]C=C)C#CC#CC#CC#C[CH-]C=C. The minimum Gasteiger partial charge on any atom is -0.326 e. The minimum atomic E-state index is -0.421. The van der Waals surface area contributed by atoms with Crippen LogP contribution in [0.4, 0.5) is 0 Å². The Morgan fingerprint density at radius 2 is 1.10 bits per heavy atom. The average Bonchev–Trinajstić information content (AvgIpc) is 2.92. The van der Waals surface area contributed by atoms with Gasteiger partial charge in [0.1, 0.15) is 0 Å². The molecule has 0 spiro atoms. The first-order valence-electron chi connectivity index (χ1n) is 10.2. The number of nitrogens with zero attached hydrogens (tertiary/aromatic N) is 1. The highest BCUT2D eigenvalue weighted by Gasteiger charge is 2.01. The molecule has 0 aromatic rings. The molecule has 0 atom stereocenters. The Morgan fingerprint density at radius 3 is 1.54 bits per heavy atom. The average molecular weight is 490 g/mol. The van der Waals surface area contributed by atoms with E-state index in [9.17, 15) is 4.79 Å². The van der Waals surface area contributed by atoms with Crippen LogP contribution in [-0.2, 0) is 4.79 Å². The van der Waals surface area contributed by atoms with E-state index in [4.69, 9.17) is 6.42 Å². The number of carbonyl (C=O) groups is 1. The van der Waals surface area contributed by atoms with Crippen LogP contribution in [0.2, 0.25) is 0 Å². The van der Waals surface area contributed by atoms with E-state index in [1.54, 1.807) is 12.8 Å². The number of carbonyl (C=O) groups excluding carboxylic acids is 1. The summed E-state index contributed by atoms with van der Waals surface area (Å²) in [5.74, 6) is 57.1. The maximum atomic E-state index is 11.7. The molecule has 1 N–H and O–H groups in total. The third-order valence-electron chi connectivity index (χ3n) is 2.72. The van der Waals surface area contributed by atoms with E-state index in [-0.39, 0.29) is 5.82 Å². The zero-order valence-electron chi connectivity index (χ0n) is 20.7. The highest BCUT2D eigenvalue weighted by atomic mass is 16.1. The topological polar surface area (TPSA) is 32.3 Å². The number of allylic oxidation sites excluding steroid dienone is 3. The smallest absolute Gasteiger partial charge is 0.221 e. The molecule has 0 saturated heterocycles. The summed E-state index contributed by atoms with van der Waals surface area (Å²) in [6, 6.07) is 5.29. The standard InChI is InChI=1S/C36H13N2O/c1-5-8-11-14-17-20-23-26-29-32-36(37-35(4)39)38(33-30-27-24-21-18-15-12-9-6-2)34-31-28-25-22-19-16-13-10-7-3/h1,6-7,9-10H,2-3H2,4H3,(H,37,39)/q-3. The van der Waals surface area contributed by atoms with Crippen LogP contribution in [0.15, 0.2) is 31.1 Å². The summed E-state index contributed by atoms with van der Waals surface area (Å²) in [7, 11) is 0. The highest BCUT2D eigenvalue weighted by molar-refractivity contribution is 5.75. The van der Waals surface area contributed by atoms with E-state index >= 15 is 0 Å². The van der Waals surface area contributed by atoms with Crippen LogP contribution in [0.5, 0.6) is 0 Å². The molecular formula is C36H13N2O-3. The number of terminal acetylenes is 1. The van der Waals surface area contributed by atoms with E-state index in [0.717, 1.165) is 4.90 Å². The van der Waals surface area contributed by atoms with Crippen molar-refractivity contribution < 1.29 is 4.79 Å². The monoisotopic (exact) mass is 489 g/mol. The number of rotatable bonds is 4. The molecule has 0 bridgehead atoms. The third-order valence-corrected chi connectivity index (χ3v) is 2.72. The maximum absolute atomic E-state index is 11.7. The Kier molecular flexibility index (Phi) is 20.3. The molecule has 0 rings (SSSR count). The molecule has 39 heavy (non-hydrogen) atoms. The lowest BCUT2D eigenvalue weighted by atomic mass is 10.4. The van der Waals surface area contributed by atoms with Gasteiger partial charge in [-0.2, -0.15) is 43.2 Å². The fraction of sp³-hybridized carbons (Fsp3) is 0.0278. The van der Waals surface area contributed by atoms with Gasteiger partial charge in [0.15, 0.2) is 0 Å². The second-order valence-corrected chi connectivity index (χ2v) is 5.45. The molecule has 0 aliphatic carbocycles. The second kappa shape index (κ2) is 25.1. The Balaban J connectivity index is 6.16. The molecule has 1 amide bonds. The first kappa shape index (κ1) is 31.5. The molecule has 3 heteroatoms. The van der Waals surface area contributed by atoms with Gasteiger partial charge in [-0.3, -0.25) is 10.7 Å². The molecule has 0 radical (unpaired) electrons. The molecule has 0 aromatic heterocycles. The van der Waals surface area contributed by atoms with Gasteiger partial charge in [-0.25, -0.2) is 22.7 Å². The lowest BCUT2D eigenvalue weighted by Crippen LogP contribution is -2.28. The molecule has 0 unspecified atom stereocenters. The number of amides is 1. The van der Waals surface area contributed by atoms with Gasteiger partial charge in [-0.1, -0.05) is 11.8 Å². The minimum absolute atomic E-state index is 0.0141. The Morgan fingerprint density at radius 1 is 0.692 bits per heavy atom. The van der Waals surface area contributed by atoms with Crippen molar-refractivity contribution in [1.82, 2.24) is 10.2 Å². The fourth-order valence-electron chi connectivity index (χ4n) is 1.45. The number of hydrogen-bond acceptors (Lipinski definition) is 2. The van der Waals surface area contributed by atoms with Gasteiger partial charge >= 0.3 is 0 Å². The van der Waals surface area contributed by atoms with Gasteiger partial charge in [-0.05, 0) is 59.2 Å². The van der Waals surface area contributed by atoms with Crippen molar-refractivity contribution in [2.24, 2.45) is 0 Å². The molecule has 176 valence electrons. The first-order chi connectivity index (χ1) is 19.2. The highest BCUT2D eigenvalue weighted by Crippen LogP contribution is 1.96. The van der Waals surface area contributed by atoms with Crippen molar-refractivity contribution in [3.63, 3.8) is 0 Å². The van der Waals surface area contributed by atoms with E-state index in [1.165, 1.54) is 19.1 Å². The second-order valence-electron chi connectivity index (χ2n) is 5.45. The predicted octanol–water partition coefficient (Wildman–Crippen LogP) is 1.44. The molecule has 0 aliphatic heterocycles. The van der Waals surface area contributed by atoms with Crippen LogP contribution in [0.25, 0.3) is 0 Å². The fourth-order valence-corrected chi connectivity index (χ4v) is 1.45. The summed E-state index contributed by atoms with van der Waals surface area (Å²) in [4.78, 5) is 12.8. The molecule has 0 aromatic carbocycles. The van der Waals surface area contributed by atoms with E-state index < -0.39 is 5.91 Å². The van der Waals surface area contributed by atoms with Crippen molar-refractivity contribution >= 4 is 5.91 Å². The van der Waals surface area contributed by atoms with Gasteiger partial charge in [0, 0.05) is 48.5 Å². The van der Waals surface area contributed by atoms with Crippen molar-refractivity contribution in [3.8, 4) is 155 Å². The lowest BCUT2D eigenvalue weighted by Gasteiger charge is -2.17. The van der Waals surface area contributed by atoms with Gasteiger partial charge < -0.3 is 5.32 Å². The quantitative estimate of drug-likeness (QED) is 0.368. The van der Waals surface area contributed by atoms with E-state index in [0.29, 0.717) is 0 Å². The van der Waals surface area contributed by atoms with Gasteiger partial charge in [0.2, 0.25) is 5.91 Å². The molecule has 3 nitrogen and oxygen atoms in total. The van der Waals surface area contributed by atoms with Crippen molar-refractivity contribution in [1.29, 1.82) is 0 Å². The van der Waals surface area contributed by atoms with Gasteiger partial charge in [-0.15, -0.1) is 25.2 Å². The van der Waals surface area contributed by atoms with Crippen LogP contribution >= 0.6 is 0 Å². The largest absolute Gasteiger partial charge is 0.326 e. The van der Waals surface area contributed by atoms with Gasteiger partial charge in [0.25, 0.3) is 0 Å². The van der Waals surface area contributed by atoms with Crippen molar-refractivity contribution in [3.05, 3.63) is 50.0 Å². The van der Waals surface area contributed by atoms with E-state index in [1.807, 2.05) is 0 Å². The summed E-state index contributed by atoms with van der Waals surface area (Å²) in [6.07, 6.45) is 13.8. The predicted molar refractivity (Wildman–Crippen MR) is 154 cm³/mol. The molecule has 0 fully saturated rings. The Hall–Kier alpha value is -7.49. The maximum Gasteiger partial charge on any atom is 0.221 e. The third kappa shape index (κ3) is 22.1. The molecule has 0 saturated carbocycles. The summed E-state index contributed by atoms with van der Waals surface area (Å²) in [6.45, 7) is 8.30. The van der Waals surface area contributed by atoms with Crippen LogP contribution in [-0.4, -0.2) is 10.8 Å². The van der Waals surface area contributed by atoms with E-state index in [2.05, 4.69) is 173 Å². The Bertz CT molecular complexity index is 1740. The molecule has 0 aliphatic rings. The van der Waals surface area contributed by atoms with Crippen LogP contribution < -0.4 is 5.32 Å². The summed E-state index contributed by atoms with van der Waals surface area (Å²) >= 11 is 0. The van der Waals surface area contributed by atoms with Gasteiger partial charge in [0.05, 0.1) is 0 Å². The Labute approximate surface area is 232 Å². The zero-order valence-corrected chi connectivity index (χ0v) is 20.7. The number of nitrogens with one attached hydrogen (secondary N) is 1. The molecular weight excluding hydrogens is 476 g/mol. The van der Waals surface area contributed by atoms with Crippen LogP contribution in [0.1, 0.15) is 6.92 Å².